The summed E-state index contributed by atoms with van der Waals surface area (Å²) in [5, 5.41) is 4.70. The van der Waals surface area contributed by atoms with Crippen LogP contribution in [-0.4, -0.2) is 0 Å². The van der Waals surface area contributed by atoms with E-state index in [0.29, 0.717) is 0 Å². The van der Waals surface area contributed by atoms with Gasteiger partial charge < -0.3 is 9.32 Å². The molecule has 0 unspecified atom stereocenters. The van der Waals surface area contributed by atoms with E-state index in [0.717, 1.165) is 66.8 Å². The molecule has 0 bridgehead atoms. The quantitative estimate of drug-likeness (QED) is 0.160. The molecule has 0 N–H and O–H groups in total. The maximum Gasteiger partial charge on any atom is 0.136 e. The fourth-order valence-corrected chi connectivity index (χ4v) is 9.08. The highest BCUT2D eigenvalue weighted by Crippen LogP contribution is 2.50. The second-order valence-electron chi connectivity index (χ2n) is 18.6. The molecular formula is C60H51NO. The standard InChI is InChI=1S/C60H51NO/c1-59(2,3)44-36-43(37-45(39-44)60(4,5)6)48-28-18-22-41-23-19-29-52(58(41)48)49-26-12-16-32-55(49)61(53-30-14-10-24-46(53)40-20-8-7-9-21-40)54-31-15-11-25-47(54)42-34-35-51-50-27-13-17-33-56(50)62-57(51)38-42/h7-39H,1-6H3. The van der Waals surface area contributed by atoms with Crippen LogP contribution in [0.5, 0.6) is 0 Å². The number of furan rings is 1. The van der Waals surface area contributed by atoms with Gasteiger partial charge in [-0.1, -0.05) is 205 Å². The van der Waals surface area contributed by atoms with Crippen molar-refractivity contribution in [2.45, 2.75) is 52.4 Å². The molecule has 62 heavy (non-hydrogen) atoms. The molecule has 0 saturated heterocycles. The van der Waals surface area contributed by atoms with Gasteiger partial charge in [-0.3, -0.25) is 0 Å². The van der Waals surface area contributed by atoms with Crippen LogP contribution in [0.15, 0.2) is 205 Å². The van der Waals surface area contributed by atoms with Crippen LogP contribution >= 0.6 is 0 Å². The van der Waals surface area contributed by atoms with Gasteiger partial charge in [-0.15, -0.1) is 0 Å². The van der Waals surface area contributed by atoms with Crippen molar-refractivity contribution in [3.05, 3.63) is 211 Å². The molecule has 302 valence electrons. The summed E-state index contributed by atoms with van der Waals surface area (Å²) in [5.74, 6) is 0. The molecule has 2 heteroatoms. The lowest BCUT2D eigenvalue weighted by atomic mass is 9.78. The maximum atomic E-state index is 6.46. The molecular weight excluding hydrogens is 751 g/mol. The molecule has 1 aromatic heterocycles. The van der Waals surface area contributed by atoms with E-state index >= 15 is 0 Å². The molecule has 10 rings (SSSR count). The Labute approximate surface area is 365 Å². The minimum atomic E-state index is -0.00893. The molecule has 2 nitrogen and oxygen atoms in total. The van der Waals surface area contributed by atoms with Gasteiger partial charge in [-0.05, 0) is 96.9 Å². The third kappa shape index (κ3) is 7.06. The van der Waals surface area contributed by atoms with Crippen LogP contribution in [0, 0.1) is 0 Å². The molecule has 0 saturated carbocycles. The summed E-state index contributed by atoms with van der Waals surface area (Å²) in [6.07, 6.45) is 0. The first-order valence-corrected chi connectivity index (χ1v) is 21.8. The minimum absolute atomic E-state index is 0.00893. The lowest BCUT2D eigenvalue weighted by molar-refractivity contribution is 0.569. The maximum absolute atomic E-state index is 6.46. The fraction of sp³-hybridized carbons (Fsp3) is 0.133. The smallest absolute Gasteiger partial charge is 0.136 e. The normalized spacial score (nSPS) is 12.0. The first-order chi connectivity index (χ1) is 30.0. The van der Waals surface area contributed by atoms with Crippen molar-refractivity contribution in [3.8, 4) is 44.5 Å². The monoisotopic (exact) mass is 801 g/mol. The van der Waals surface area contributed by atoms with Gasteiger partial charge in [0.25, 0.3) is 0 Å². The van der Waals surface area contributed by atoms with Crippen LogP contribution in [-0.2, 0) is 10.8 Å². The van der Waals surface area contributed by atoms with E-state index in [9.17, 15) is 0 Å². The van der Waals surface area contributed by atoms with Gasteiger partial charge in [-0.25, -0.2) is 0 Å². The van der Waals surface area contributed by atoms with Gasteiger partial charge in [0.15, 0.2) is 0 Å². The largest absolute Gasteiger partial charge is 0.456 e. The summed E-state index contributed by atoms with van der Waals surface area (Å²) < 4.78 is 6.46. The SMILES string of the molecule is CC(C)(C)c1cc(-c2cccc3cccc(-c4ccccc4N(c4ccccc4-c4ccccc4)c4ccccc4-c4ccc5c(c4)oc4ccccc45)c23)cc(C(C)(C)C)c1. The zero-order valence-corrected chi connectivity index (χ0v) is 36.4. The Morgan fingerprint density at radius 2 is 0.839 bits per heavy atom. The topological polar surface area (TPSA) is 16.4 Å². The van der Waals surface area contributed by atoms with Crippen molar-refractivity contribution in [1.29, 1.82) is 0 Å². The molecule has 0 aliphatic carbocycles. The van der Waals surface area contributed by atoms with Crippen molar-refractivity contribution in [2.24, 2.45) is 0 Å². The summed E-state index contributed by atoms with van der Waals surface area (Å²) in [6, 6.07) is 73.1. The predicted molar refractivity (Wildman–Crippen MR) is 265 cm³/mol. The molecule has 0 fully saturated rings. The predicted octanol–water partition coefficient (Wildman–Crippen LogP) is 17.5. The first kappa shape index (κ1) is 39.0. The number of fused-ring (bicyclic) bond motifs is 4. The van der Waals surface area contributed by atoms with Crippen LogP contribution in [0.4, 0.5) is 17.1 Å². The molecule has 0 aliphatic rings. The highest BCUT2D eigenvalue weighted by Gasteiger charge is 2.26. The first-order valence-electron chi connectivity index (χ1n) is 21.8. The third-order valence-corrected chi connectivity index (χ3v) is 12.4. The van der Waals surface area contributed by atoms with Crippen LogP contribution in [0.1, 0.15) is 52.7 Å². The van der Waals surface area contributed by atoms with Gasteiger partial charge in [0.1, 0.15) is 11.2 Å². The van der Waals surface area contributed by atoms with E-state index in [4.69, 9.17) is 4.42 Å². The molecule has 0 atom stereocenters. The lowest BCUT2D eigenvalue weighted by Gasteiger charge is -2.32. The Hall–Kier alpha value is -7.16. The number of nitrogens with zero attached hydrogens (tertiary/aromatic N) is 1. The average Bonchev–Trinajstić information content (AvgIpc) is 3.67. The Morgan fingerprint density at radius 3 is 1.48 bits per heavy atom. The second kappa shape index (κ2) is 15.4. The summed E-state index contributed by atoms with van der Waals surface area (Å²) >= 11 is 0. The molecule has 10 aromatic rings. The second-order valence-corrected chi connectivity index (χ2v) is 18.6. The highest BCUT2D eigenvalue weighted by atomic mass is 16.3. The zero-order chi connectivity index (χ0) is 42.6. The number of rotatable bonds is 7. The van der Waals surface area contributed by atoms with Crippen LogP contribution < -0.4 is 4.90 Å². The van der Waals surface area contributed by atoms with E-state index in [-0.39, 0.29) is 10.8 Å². The Balaban J connectivity index is 1.24. The number of hydrogen-bond acceptors (Lipinski definition) is 2. The zero-order valence-electron chi connectivity index (χ0n) is 36.4. The van der Waals surface area contributed by atoms with Gasteiger partial charge in [0.05, 0.1) is 17.1 Å². The average molecular weight is 802 g/mol. The molecule has 1 heterocycles. The molecule has 9 aromatic carbocycles. The number of hydrogen-bond donors (Lipinski definition) is 0. The third-order valence-electron chi connectivity index (χ3n) is 12.4. The molecule has 0 aliphatic heterocycles. The number of anilines is 3. The Morgan fingerprint density at radius 1 is 0.339 bits per heavy atom. The van der Waals surface area contributed by atoms with Crippen LogP contribution in [0.3, 0.4) is 0 Å². The van der Waals surface area contributed by atoms with Gasteiger partial charge >= 0.3 is 0 Å². The number of benzene rings is 9. The van der Waals surface area contributed by atoms with Crippen molar-refractivity contribution >= 4 is 49.8 Å². The van der Waals surface area contributed by atoms with Gasteiger partial charge in [0, 0.05) is 27.5 Å². The lowest BCUT2D eigenvalue weighted by Crippen LogP contribution is -2.16. The van der Waals surface area contributed by atoms with E-state index in [1.165, 1.54) is 38.6 Å². The number of para-hydroxylation sites is 4. The highest BCUT2D eigenvalue weighted by molar-refractivity contribution is 6.10. The Kier molecular flexibility index (Phi) is 9.68. The van der Waals surface area contributed by atoms with Crippen molar-refractivity contribution < 1.29 is 4.42 Å². The van der Waals surface area contributed by atoms with E-state index in [1.807, 2.05) is 12.1 Å². The van der Waals surface area contributed by atoms with Crippen LogP contribution in [0.25, 0.3) is 77.2 Å². The van der Waals surface area contributed by atoms with E-state index in [1.54, 1.807) is 0 Å². The molecule has 0 spiro atoms. The van der Waals surface area contributed by atoms with Crippen LogP contribution in [0.2, 0.25) is 0 Å². The summed E-state index contributed by atoms with van der Waals surface area (Å²) in [7, 11) is 0. The van der Waals surface area contributed by atoms with Gasteiger partial charge in [-0.2, -0.15) is 0 Å². The summed E-state index contributed by atoms with van der Waals surface area (Å²) in [4.78, 5) is 2.48. The van der Waals surface area contributed by atoms with Crippen molar-refractivity contribution in [3.63, 3.8) is 0 Å². The summed E-state index contributed by atoms with van der Waals surface area (Å²) in [5.41, 5.74) is 17.0. The van der Waals surface area contributed by atoms with Crippen molar-refractivity contribution in [1.82, 2.24) is 0 Å². The van der Waals surface area contributed by atoms with Gasteiger partial charge in [0.2, 0.25) is 0 Å². The molecule has 0 amide bonds. The van der Waals surface area contributed by atoms with Crippen molar-refractivity contribution in [2.75, 3.05) is 4.90 Å². The summed E-state index contributed by atoms with van der Waals surface area (Å²) in [6.45, 7) is 13.9. The minimum Gasteiger partial charge on any atom is -0.456 e. The molecule has 0 radical (unpaired) electrons. The van der Waals surface area contributed by atoms with E-state index in [2.05, 4.69) is 234 Å². The Bertz CT molecular complexity index is 3230. The van der Waals surface area contributed by atoms with E-state index < -0.39 is 0 Å². The fourth-order valence-electron chi connectivity index (χ4n) is 9.08.